The molecule has 5 heterocycles. The van der Waals surface area contributed by atoms with Crippen molar-refractivity contribution in [1.29, 1.82) is 0 Å². The van der Waals surface area contributed by atoms with Crippen LogP contribution in [0.3, 0.4) is 0 Å². The van der Waals surface area contributed by atoms with Crippen LogP contribution in [0.5, 0.6) is 23.0 Å². The first-order valence-electron chi connectivity index (χ1n) is 29.4. The second kappa shape index (κ2) is 26.8. The number of allylic oxidation sites excluding steroid dienone is 4. The third kappa shape index (κ3) is 13.8. The zero-order valence-electron chi connectivity index (χ0n) is 49.4. The van der Waals surface area contributed by atoms with Crippen molar-refractivity contribution in [3.05, 3.63) is 131 Å². The van der Waals surface area contributed by atoms with Crippen LogP contribution in [0.4, 0.5) is 22.7 Å². The van der Waals surface area contributed by atoms with Crippen molar-refractivity contribution < 1.29 is 52.5 Å². The molecule has 10 rings (SSSR count). The van der Waals surface area contributed by atoms with Gasteiger partial charge in [-0.15, -0.1) is 0 Å². The van der Waals surface area contributed by atoms with Crippen LogP contribution in [0.15, 0.2) is 119 Å². The van der Waals surface area contributed by atoms with Crippen molar-refractivity contribution in [3.8, 4) is 23.0 Å². The Balaban J connectivity index is 0.685. The Kier molecular flexibility index (Phi) is 18.7. The second-order valence-electron chi connectivity index (χ2n) is 22.7. The Morgan fingerprint density at radius 2 is 1.29 bits per heavy atom. The number of anilines is 2. The summed E-state index contributed by atoms with van der Waals surface area (Å²) in [7, 11) is 5.21. The summed E-state index contributed by atoms with van der Waals surface area (Å²) < 4.78 is 23.9. The number of ether oxygens (including phenoxy) is 4. The summed E-state index contributed by atoms with van der Waals surface area (Å²) in [4.78, 5) is 108. The molecular formula is C66H73N9O11. The number of nitrogens with zero attached hydrogens (tertiary/aromatic N) is 6. The van der Waals surface area contributed by atoms with Gasteiger partial charge in [-0.2, -0.15) is 0 Å². The molecule has 1 aliphatic carbocycles. The van der Waals surface area contributed by atoms with Gasteiger partial charge in [0.15, 0.2) is 28.8 Å². The van der Waals surface area contributed by atoms with Crippen molar-refractivity contribution in [2.75, 3.05) is 77.4 Å². The Morgan fingerprint density at radius 1 is 0.663 bits per heavy atom. The van der Waals surface area contributed by atoms with Crippen molar-refractivity contribution in [1.82, 2.24) is 25.3 Å². The summed E-state index contributed by atoms with van der Waals surface area (Å²) in [6.07, 6.45) is 15.3. The van der Waals surface area contributed by atoms with E-state index in [0.717, 1.165) is 54.0 Å². The molecule has 0 bridgehead atoms. The minimum absolute atomic E-state index is 0.161. The highest BCUT2D eigenvalue weighted by atomic mass is 16.5. The first kappa shape index (κ1) is 60.0. The van der Waals surface area contributed by atoms with Gasteiger partial charge in [0.1, 0.15) is 12.1 Å². The first-order chi connectivity index (χ1) is 41.5. The van der Waals surface area contributed by atoms with Gasteiger partial charge in [-0.1, -0.05) is 50.6 Å². The van der Waals surface area contributed by atoms with Gasteiger partial charge in [0.05, 0.1) is 56.0 Å². The van der Waals surface area contributed by atoms with Crippen LogP contribution in [-0.4, -0.2) is 154 Å². The van der Waals surface area contributed by atoms with Crippen LogP contribution < -0.4 is 39.8 Å². The lowest BCUT2D eigenvalue weighted by atomic mass is 9.96. The van der Waals surface area contributed by atoms with Gasteiger partial charge < -0.3 is 49.6 Å². The maximum absolute atomic E-state index is 14.1. The molecule has 448 valence electrons. The number of likely N-dealkylation sites (N-methyl/N-ethyl adjacent to an activating group) is 1. The highest BCUT2D eigenvalue weighted by molar-refractivity contribution is 6.13. The number of hydrogen-bond donors (Lipinski definition) is 3. The number of carbonyl (C=O) groups excluding carboxylic acids is 7. The van der Waals surface area contributed by atoms with E-state index in [1.807, 2.05) is 36.8 Å². The van der Waals surface area contributed by atoms with E-state index in [-0.39, 0.29) is 73.5 Å². The molecule has 0 aromatic heterocycles. The van der Waals surface area contributed by atoms with E-state index >= 15 is 0 Å². The molecule has 4 aromatic rings. The van der Waals surface area contributed by atoms with E-state index in [1.54, 1.807) is 68.1 Å². The fourth-order valence-corrected chi connectivity index (χ4v) is 11.2. The maximum Gasteiger partial charge on any atom is 0.260 e. The average molecular weight is 1170 g/mol. The lowest BCUT2D eigenvalue weighted by Gasteiger charge is -2.34. The lowest BCUT2D eigenvalue weighted by Crippen LogP contribution is -2.53. The summed E-state index contributed by atoms with van der Waals surface area (Å²) in [5, 5.41) is 8.38. The van der Waals surface area contributed by atoms with Crippen molar-refractivity contribution in [3.63, 3.8) is 0 Å². The van der Waals surface area contributed by atoms with Gasteiger partial charge >= 0.3 is 0 Å². The number of hydrogen-bond acceptors (Lipinski definition) is 15. The summed E-state index contributed by atoms with van der Waals surface area (Å²) in [6, 6.07) is 20.7. The third-order valence-electron chi connectivity index (χ3n) is 16.3. The monoisotopic (exact) mass is 1170 g/mol. The minimum Gasteiger partial charge on any atom is -0.493 e. The number of aliphatic imine (C=N–C) groups is 2. The number of nitrogens with one attached hydrogen (secondary N) is 3. The number of ketones is 1. The van der Waals surface area contributed by atoms with E-state index in [0.29, 0.717) is 89.7 Å². The zero-order valence-corrected chi connectivity index (χ0v) is 49.4. The molecule has 0 saturated carbocycles. The smallest absolute Gasteiger partial charge is 0.260 e. The van der Waals surface area contributed by atoms with E-state index in [2.05, 4.69) is 57.1 Å². The Morgan fingerprint density at radius 3 is 1.95 bits per heavy atom. The number of benzene rings is 4. The van der Waals surface area contributed by atoms with Crippen LogP contribution in [0.1, 0.15) is 97.6 Å². The third-order valence-corrected chi connectivity index (χ3v) is 16.3. The molecule has 0 unspecified atom stereocenters. The van der Waals surface area contributed by atoms with Gasteiger partial charge in [-0.3, -0.25) is 48.4 Å². The number of imide groups is 1. The number of rotatable bonds is 23. The van der Waals surface area contributed by atoms with Crippen LogP contribution in [0, 0.1) is 11.8 Å². The zero-order chi connectivity index (χ0) is 60.6. The van der Waals surface area contributed by atoms with Crippen molar-refractivity contribution in [2.45, 2.75) is 83.8 Å². The second-order valence-corrected chi connectivity index (χ2v) is 22.7. The number of unbranched alkanes of at least 4 members (excludes halogenated alkanes) is 2. The molecule has 6 amide bonds. The van der Waals surface area contributed by atoms with Gasteiger partial charge in [0.25, 0.3) is 17.7 Å². The molecule has 0 radical (unpaired) electrons. The SMILES string of the molecule is COc1cc2c(cc1OCCCOc1cc3c(cc1OC)C(=O)/C=C1/C=C(c4ccc(NC(=O)[C@H](C)NC(=O)[C@@H](NC(=O)CCCCCN5C(=O)C=CC5=O)C(C)C)cc4)C[C@H]1/C=N\3)N=C[C@@H]1CC(c3ccc(N4CCN(C)CC4)cc3)=CN1C2=O. The van der Waals surface area contributed by atoms with Gasteiger partial charge in [-0.25, -0.2) is 0 Å². The van der Waals surface area contributed by atoms with E-state index in [4.69, 9.17) is 28.9 Å². The molecule has 6 aliphatic rings. The fourth-order valence-electron chi connectivity index (χ4n) is 11.2. The van der Waals surface area contributed by atoms with Crippen molar-refractivity contribution in [2.24, 2.45) is 21.8 Å². The summed E-state index contributed by atoms with van der Waals surface area (Å²) in [5.74, 6) is -1.07. The van der Waals surface area contributed by atoms with E-state index < -0.39 is 23.9 Å². The Bertz CT molecular complexity index is 3470. The standard InChI is InChI=1S/C66H73N9O11/c1-40(2)63(71-60(77)11-8-7-9-22-74-61(78)20-21-62(74)79)65(81)69-41(3)64(80)70-48-16-12-42(13-17-48)44-29-45-32-55(76)51-33-56(83-5)58(35-53(51)67-37-46(45)30-44)85-27-10-28-86-59-36-54-52(34-57(59)84-6)66(82)75-39-47(31-50(75)38-68-54)43-14-18-49(19-15-43)73-25-23-72(4)24-26-73/h12-21,29,32-41,46,50,63H,7-11,22-28,30-31H2,1-6H3,(H,69,81)(H,70,80)(H,71,77)/b45-32-,67-37-/t41-,46-,50-,63-/m0/s1. The van der Waals surface area contributed by atoms with Crippen LogP contribution in [0.25, 0.3) is 11.1 Å². The van der Waals surface area contributed by atoms with Crippen molar-refractivity contribution >= 4 is 87.6 Å². The molecule has 20 nitrogen and oxygen atoms in total. The minimum atomic E-state index is -0.919. The largest absolute Gasteiger partial charge is 0.493 e. The molecule has 20 heteroatoms. The predicted molar refractivity (Wildman–Crippen MR) is 329 cm³/mol. The van der Waals surface area contributed by atoms with E-state index in [1.165, 1.54) is 37.0 Å². The molecular weight excluding hydrogens is 1090 g/mol. The molecule has 0 spiro atoms. The molecule has 5 aliphatic heterocycles. The fraction of sp³-hybridized carbons (Fsp3) is 0.379. The number of piperazine rings is 1. The maximum atomic E-state index is 14.1. The predicted octanol–water partition coefficient (Wildman–Crippen LogP) is 8.27. The molecule has 4 atom stereocenters. The highest BCUT2D eigenvalue weighted by Gasteiger charge is 2.35. The molecule has 1 saturated heterocycles. The summed E-state index contributed by atoms with van der Waals surface area (Å²) in [5.41, 5.74) is 8.32. The van der Waals surface area contributed by atoms with E-state index in [9.17, 15) is 33.6 Å². The lowest BCUT2D eigenvalue weighted by molar-refractivity contribution is -0.137. The molecule has 1 fully saturated rings. The highest BCUT2D eigenvalue weighted by Crippen LogP contribution is 2.43. The number of carbonyl (C=O) groups is 7. The average Bonchev–Trinajstić information content (AvgIpc) is 2.62. The topological polar surface area (TPSA) is 230 Å². The quantitative estimate of drug-likeness (QED) is 0.0470. The summed E-state index contributed by atoms with van der Waals surface area (Å²) in [6.45, 7) is 10.0. The number of fused-ring (bicyclic) bond motifs is 4. The van der Waals surface area contributed by atoms with Crippen LogP contribution >= 0.6 is 0 Å². The van der Waals surface area contributed by atoms with Gasteiger partial charge in [0, 0.05) is 112 Å². The number of methoxy groups -OCH3 is 2. The van der Waals surface area contributed by atoms with Crippen LogP contribution in [0.2, 0.25) is 0 Å². The number of amides is 6. The van der Waals surface area contributed by atoms with Gasteiger partial charge in [0.2, 0.25) is 17.7 Å². The molecule has 86 heavy (non-hydrogen) atoms. The molecule has 3 N–H and O–H groups in total. The Labute approximate surface area is 500 Å². The summed E-state index contributed by atoms with van der Waals surface area (Å²) >= 11 is 0. The molecule has 4 aromatic carbocycles. The normalized spacial score (nSPS) is 19.6. The van der Waals surface area contributed by atoms with Crippen LogP contribution in [-0.2, 0) is 24.0 Å². The first-order valence-corrected chi connectivity index (χ1v) is 29.4. The Hall–Kier alpha value is -9.17. The van der Waals surface area contributed by atoms with Gasteiger partial charge in [-0.05, 0) is 109 Å².